The zero-order valence-electron chi connectivity index (χ0n) is 9.17. The quantitative estimate of drug-likeness (QED) is 0.454. The van der Waals surface area contributed by atoms with E-state index in [1.807, 2.05) is 6.08 Å². The third-order valence-corrected chi connectivity index (χ3v) is 2.49. The molecule has 0 aliphatic rings. The van der Waals surface area contributed by atoms with Gasteiger partial charge in [0, 0.05) is 6.42 Å². The van der Waals surface area contributed by atoms with E-state index < -0.39 is 5.97 Å². The molecule has 0 heterocycles. The lowest BCUT2D eigenvalue weighted by Gasteiger charge is -2.10. The van der Waals surface area contributed by atoms with E-state index in [0.717, 1.165) is 12.8 Å². The van der Waals surface area contributed by atoms with Gasteiger partial charge in [0.1, 0.15) is 0 Å². The third kappa shape index (κ3) is 7.84. The van der Waals surface area contributed by atoms with Crippen LogP contribution < -0.4 is 0 Å². The highest BCUT2D eigenvalue weighted by molar-refractivity contribution is 5.66. The van der Waals surface area contributed by atoms with E-state index >= 15 is 0 Å². The Balaban J connectivity index is 3.47. The summed E-state index contributed by atoms with van der Waals surface area (Å²) in [6, 6.07) is 0. The molecule has 0 aromatic carbocycles. The number of rotatable bonds is 9. The number of hydrogen-bond acceptors (Lipinski definition) is 1. The van der Waals surface area contributed by atoms with E-state index in [4.69, 9.17) is 5.11 Å². The number of allylic oxidation sites excluding steroid dienone is 1. The molecule has 14 heavy (non-hydrogen) atoms. The fourth-order valence-electron chi connectivity index (χ4n) is 1.52. The second-order valence-corrected chi connectivity index (χ2v) is 3.78. The Kier molecular flexibility index (Phi) is 8.30. The van der Waals surface area contributed by atoms with Crippen LogP contribution in [-0.2, 0) is 4.79 Å². The first kappa shape index (κ1) is 13.2. The Morgan fingerprint density at radius 3 is 2.57 bits per heavy atom. The highest BCUT2D eigenvalue weighted by atomic mass is 16.4. The standard InChI is InChI=1S/C12H22O2/c1-3-5-6-7-8-11(4-2)9-10-12(13)14/h4,11H,2-3,5-10H2,1H3,(H,13,14). The lowest BCUT2D eigenvalue weighted by molar-refractivity contribution is -0.137. The van der Waals surface area contributed by atoms with E-state index in [1.54, 1.807) is 0 Å². The molecule has 0 aromatic heterocycles. The zero-order valence-corrected chi connectivity index (χ0v) is 9.17. The first-order chi connectivity index (χ1) is 6.70. The summed E-state index contributed by atoms with van der Waals surface area (Å²) in [7, 11) is 0. The minimum absolute atomic E-state index is 0.268. The minimum atomic E-state index is -0.703. The van der Waals surface area contributed by atoms with E-state index in [-0.39, 0.29) is 6.42 Å². The summed E-state index contributed by atoms with van der Waals surface area (Å²) in [5.74, 6) is -0.312. The Bertz CT molecular complexity index is 164. The van der Waals surface area contributed by atoms with Gasteiger partial charge in [0.2, 0.25) is 0 Å². The van der Waals surface area contributed by atoms with E-state index in [9.17, 15) is 4.79 Å². The smallest absolute Gasteiger partial charge is 0.303 e. The van der Waals surface area contributed by atoms with Crippen LogP contribution in [0.2, 0.25) is 0 Å². The highest BCUT2D eigenvalue weighted by Gasteiger charge is 2.06. The van der Waals surface area contributed by atoms with Gasteiger partial charge in [0.15, 0.2) is 0 Å². The molecule has 82 valence electrons. The molecule has 0 saturated carbocycles. The maximum atomic E-state index is 10.4. The van der Waals surface area contributed by atoms with Crippen LogP contribution >= 0.6 is 0 Å². The lowest BCUT2D eigenvalue weighted by Crippen LogP contribution is -2.02. The van der Waals surface area contributed by atoms with Crippen molar-refractivity contribution in [2.24, 2.45) is 5.92 Å². The van der Waals surface area contributed by atoms with Crippen molar-refractivity contribution in [1.29, 1.82) is 0 Å². The fraction of sp³-hybridized carbons (Fsp3) is 0.750. The monoisotopic (exact) mass is 198 g/mol. The molecule has 0 fully saturated rings. The zero-order chi connectivity index (χ0) is 10.8. The molecule has 0 spiro atoms. The number of carboxylic acids is 1. The van der Waals surface area contributed by atoms with Crippen LogP contribution in [-0.4, -0.2) is 11.1 Å². The Morgan fingerprint density at radius 2 is 2.07 bits per heavy atom. The van der Waals surface area contributed by atoms with Crippen molar-refractivity contribution in [3.8, 4) is 0 Å². The van der Waals surface area contributed by atoms with Crippen LogP contribution in [0.5, 0.6) is 0 Å². The predicted molar refractivity (Wildman–Crippen MR) is 59.3 cm³/mol. The van der Waals surface area contributed by atoms with Gasteiger partial charge in [0.05, 0.1) is 0 Å². The Hall–Kier alpha value is -0.790. The Morgan fingerprint density at radius 1 is 1.36 bits per heavy atom. The van der Waals surface area contributed by atoms with Crippen molar-refractivity contribution in [3.05, 3.63) is 12.7 Å². The summed E-state index contributed by atoms with van der Waals surface area (Å²) in [4.78, 5) is 10.4. The second-order valence-electron chi connectivity index (χ2n) is 3.78. The average Bonchev–Trinajstić information content (AvgIpc) is 2.16. The summed E-state index contributed by atoms with van der Waals surface area (Å²) < 4.78 is 0. The van der Waals surface area contributed by atoms with Crippen molar-refractivity contribution in [2.75, 3.05) is 0 Å². The normalized spacial score (nSPS) is 12.4. The number of carbonyl (C=O) groups is 1. The van der Waals surface area contributed by atoms with Crippen LogP contribution in [0.3, 0.4) is 0 Å². The van der Waals surface area contributed by atoms with E-state index in [2.05, 4.69) is 13.5 Å². The van der Waals surface area contributed by atoms with Gasteiger partial charge in [0.25, 0.3) is 0 Å². The summed E-state index contributed by atoms with van der Waals surface area (Å²) in [6.45, 7) is 5.93. The summed E-state index contributed by atoms with van der Waals surface area (Å²) in [6.07, 6.45) is 8.98. The van der Waals surface area contributed by atoms with Crippen LogP contribution in [0.15, 0.2) is 12.7 Å². The molecule has 2 heteroatoms. The maximum absolute atomic E-state index is 10.4. The summed E-state index contributed by atoms with van der Waals surface area (Å²) >= 11 is 0. The number of carboxylic acid groups (broad SMARTS) is 1. The van der Waals surface area contributed by atoms with Crippen molar-refractivity contribution in [2.45, 2.75) is 51.9 Å². The third-order valence-electron chi connectivity index (χ3n) is 2.49. The minimum Gasteiger partial charge on any atom is -0.481 e. The molecule has 0 radical (unpaired) electrons. The molecular weight excluding hydrogens is 176 g/mol. The van der Waals surface area contributed by atoms with Crippen LogP contribution in [0.1, 0.15) is 51.9 Å². The van der Waals surface area contributed by atoms with Gasteiger partial charge in [-0.05, 0) is 18.8 Å². The molecule has 0 amide bonds. The van der Waals surface area contributed by atoms with Gasteiger partial charge in [-0.2, -0.15) is 0 Å². The number of aliphatic carboxylic acids is 1. The van der Waals surface area contributed by atoms with E-state index in [1.165, 1.54) is 25.7 Å². The van der Waals surface area contributed by atoms with Gasteiger partial charge >= 0.3 is 5.97 Å². The first-order valence-corrected chi connectivity index (χ1v) is 5.55. The van der Waals surface area contributed by atoms with Crippen molar-refractivity contribution in [1.82, 2.24) is 0 Å². The summed E-state index contributed by atoms with van der Waals surface area (Å²) in [5, 5.41) is 8.53. The molecule has 0 bridgehead atoms. The molecule has 1 atom stereocenters. The van der Waals surface area contributed by atoms with Crippen LogP contribution in [0.25, 0.3) is 0 Å². The SMILES string of the molecule is C=CC(CCCCCC)CCC(=O)O. The van der Waals surface area contributed by atoms with Crippen molar-refractivity contribution < 1.29 is 9.90 Å². The van der Waals surface area contributed by atoms with Gasteiger partial charge in [-0.15, -0.1) is 6.58 Å². The molecule has 0 aliphatic heterocycles. The average molecular weight is 198 g/mol. The molecule has 0 aromatic rings. The van der Waals surface area contributed by atoms with E-state index in [0.29, 0.717) is 5.92 Å². The number of unbranched alkanes of at least 4 members (excludes halogenated alkanes) is 3. The predicted octanol–water partition coefficient (Wildman–Crippen LogP) is 3.62. The fourth-order valence-corrected chi connectivity index (χ4v) is 1.52. The van der Waals surface area contributed by atoms with Crippen LogP contribution in [0, 0.1) is 5.92 Å². The molecular formula is C12H22O2. The number of hydrogen-bond donors (Lipinski definition) is 1. The molecule has 2 nitrogen and oxygen atoms in total. The molecule has 0 saturated heterocycles. The largest absolute Gasteiger partial charge is 0.481 e. The summed E-state index contributed by atoms with van der Waals surface area (Å²) in [5.41, 5.74) is 0. The topological polar surface area (TPSA) is 37.3 Å². The molecule has 0 rings (SSSR count). The van der Waals surface area contributed by atoms with Gasteiger partial charge in [-0.25, -0.2) is 0 Å². The van der Waals surface area contributed by atoms with Crippen LogP contribution in [0.4, 0.5) is 0 Å². The van der Waals surface area contributed by atoms with Crippen molar-refractivity contribution in [3.63, 3.8) is 0 Å². The second kappa shape index (κ2) is 8.79. The molecule has 0 aliphatic carbocycles. The van der Waals surface area contributed by atoms with Gasteiger partial charge in [-0.1, -0.05) is 38.7 Å². The maximum Gasteiger partial charge on any atom is 0.303 e. The molecule has 1 N–H and O–H groups in total. The highest BCUT2D eigenvalue weighted by Crippen LogP contribution is 2.16. The molecule has 1 unspecified atom stereocenters. The van der Waals surface area contributed by atoms with Gasteiger partial charge < -0.3 is 5.11 Å². The van der Waals surface area contributed by atoms with Gasteiger partial charge in [-0.3, -0.25) is 4.79 Å². The lowest BCUT2D eigenvalue weighted by atomic mass is 9.96. The first-order valence-electron chi connectivity index (χ1n) is 5.55. The van der Waals surface area contributed by atoms with Crippen molar-refractivity contribution >= 4 is 5.97 Å². The Labute approximate surface area is 87.0 Å².